The van der Waals surface area contributed by atoms with Crippen molar-refractivity contribution in [1.82, 2.24) is 4.90 Å². The molecule has 4 nitrogen and oxygen atoms in total. The van der Waals surface area contributed by atoms with Gasteiger partial charge in [0.2, 0.25) is 0 Å². The van der Waals surface area contributed by atoms with E-state index in [9.17, 15) is 23.1 Å². The third kappa shape index (κ3) is 9.49. The summed E-state index contributed by atoms with van der Waals surface area (Å²) in [5.74, 6) is -0.929. The number of halogens is 5. The van der Waals surface area contributed by atoms with Gasteiger partial charge in [-0.2, -0.15) is 13.2 Å². The maximum Gasteiger partial charge on any atom is 0.417 e. The summed E-state index contributed by atoms with van der Waals surface area (Å²) in [4.78, 5) is 13.7. The fraction of sp³-hybridized carbons (Fsp3) is 0.286. The summed E-state index contributed by atoms with van der Waals surface area (Å²) >= 11 is 6.31. The average Bonchev–Trinajstić information content (AvgIpc) is 2.99. The summed E-state index contributed by atoms with van der Waals surface area (Å²) in [6.45, 7) is 3.49. The van der Waals surface area contributed by atoms with Crippen LogP contribution in [0.2, 0.25) is 5.02 Å². The molecule has 0 spiro atoms. The molecule has 9 heteroatoms. The van der Waals surface area contributed by atoms with Gasteiger partial charge in [-0.05, 0) is 53.3 Å². The average molecular weight is 647 g/mol. The molecule has 0 fully saturated rings. The predicted molar refractivity (Wildman–Crippen MR) is 171 cm³/mol. The largest absolute Gasteiger partial charge is 0.494 e. The first-order valence-corrected chi connectivity index (χ1v) is 14.7. The summed E-state index contributed by atoms with van der Waals surface area (Å²) in [5, 5.41) is 9.23. The second kappa shape index (κ2) is 16.5. The standard InChI is InChI=1S/C35H35ClF3NO3.ClH/c1-2-30(34(41)42)27-16-9-18-29(22-27)43-21-11-20-40(23-28-17-10-19-32(33(28)36)35(37,38)39)24-31(25-12-5-3-6-13-25)26-14-7-4-8-15-26;/h3-10,12-19,22,30-31H,2,11,20-21,23-24H2,1H3,(H,41,42);1H/t30-;/m0./s1. The third-order valence-electron chi connectivity index (χ3n) is 7.48. The molecule has 4 rings (SSSR count). The molecule has 44 heavy (non-hydrogen) atoms. The van der Waals surface area contributed by atoms with E-state index < -0.39 is 23.6 Å². The van der Waals surface area contributed by atoms with Gasteiger partial charge >= 0.3 is 12.1 Å². The van der Waals surface area contributed by atoms with Crippen LogP contribution in [0.1, 0.15) is 59.4 Å². The maximum absolute atomic E-state index is 13.6. The van der Waals surface area contributed by atoms with Crippen LogP contribution in [0.25, 0.3) is 0 Å². The highest BCUT2D eigenvalue weighted by atomic mass is 35.5. The lowest BCUT2D eigenvalue weighted by molar-refractivity contribution is -0.139. The molecule has 0 bridgehead atoms. The van der Waals surface area contributed by atoms with E-state index in [1.807, 2.05) is 43.3 Å². The van der Waals surface area contributed by atoms with E-state index in [1.165, 1.54) is 6.07 Å². The summed E-state index contributed by atoms with van der Waals surface area (Å²) in [6.07, 6.45) is -3.49. The molecule has 4 aromatic carbocycles. The number of carboxylic acid groups (broad SMARTS) is 1. The SMILES string of the molecule is CC[C@H](C(=O)O)c1cccc(OCCCN(Cc2cccc(C(F)(F)F)c2Cl)CC(c2ccccc2)c2ccccc2)c1.Cl. The van der Waals surface area contributed by atoms with Crippen LogP contribution in [0.5, 0.6) is 5.75 Å². The van der Waals surface area contributed by atoms with Gasteiger partial charge in [-0.15, -0.1) is 12.4 Å². The Morgan fingerprint density at radius 3 is 2.05 bits per heavy atom. The number of carboxylic acids is 1. The van der Waals surface area contributed by atoms with Gasteiger partial charge in [0.05, 0.1) is 23.1 Å². The van der Waals surface area contributed by atoms with Crippen molar-refractivity contribution in [3.63, 3.8) is 0 Å². The number of aliphatic carboxylic acids is 1. The maximum atomic E-state index is 13.6. The van der Waals surface area contributed by atoms with Crippen LogP contribution in [-0.2, 0) is 17.5 Å². The number of nitrogens with zero attached hydrogens (tertiary/aromatic N) is 1. The fourth-order valence-electron chi connectivity index (χ4n) is 5.28. The third-order valence-corrected chi connectivity index (χ3v) is 7.92. The molecular weight excluding hydrogens is 610 g/mol. The summed E-state index contributed by atoms with van der Waals surface area (Å²) in [6, 6.07) is 31.2. The molecule has 0 unspecified atom stereocenters. The second-order valence-electron chi connectivity index (χ2n) is 10.5. The van der Waals surface area contributed by atoms with E-state index in [0.29, 0.717) is 49.4 Å². The lowest BCUT2D eigenvalue weighted by Gasteiger charge is -2.29. The molecule has 1 N–H and O–H groups in total. The number of hydrogen-bond acceptors (Lipinski definition) is 3. The van der Waals surface area contributed by atoms with Crippen LogP contribution in [-0.4, -0.2) is 35.7 Å². The van der Waals surface area contributed by atoms with E-state index in [4.69, 9.17) is 16.3 Å². The number of alkyl halides is 3. The van der Waals surface area contributed by atoms with Crippen LogP contribution < -0.4 is 4.74 Å². The quantitative estimate of drug-likeness (QED) is 0.139. The van der Waals surface area contributed by atoms with E-state index in [2.05, 4.69) is 29.2 Å². The van der Waals surface area contributed by atoms with Gasteiger partial charge in [0.25, 0.3) is 0 Å². The smallest absolute Gasteiger partial charge is 0.417 e. The van der Waals surface area contributed by atoms with Gasteiger partial charge in [-0.1, -0.05) is 103 Å². The van der Waals surface area contributed by atoms with Crippen molar-refractivity contribution < 1.29 is 27.8 Å². The van der Waals surface area contributed by atoms with E-state index >= 15 is 0 Å². The van der Waals surface area contributed by atoms with Crippen molar-refractivity contribution in [3.05, 3.63) is 136 Å². The first-order chi connectivity index (χ1) is 20.7. The molecule has 1 atom stereocenters. The van der Waals surface area contributed by atoms with Crippen LogP contribution >= 0.6 is 24.0 Å². The number of ether oxygens (including phenoxy) is 1. The van der Waals surface area contributed by atoms with E-state index in [0.717, 1.165) is 17.2 Å². The lowest BCUT2D eigenvalue weighted by Crippen LogP contribution is -2.31. The zero-order valence-corrected chi connectivity index (χ0v) is 25.9. The Balaban J connectivity index is 0.00000529. The van der Waals surface area contributed by atoms with Crippen LogP contribution in [0.15, 0.2) is 103 Å². The highest BCUT2D eigenvalue weighted by molar-refractivity contribution is 6.32. The van der Waals surface area contributed by atoms with Gasteiger partial charge < -0.3 is 9.84 Å². The molecule has 0 aliphatic rings. The minimum Gasteiger partial charge on any atom is -0.494 e. The number of carbonyl (C=O) groups is 1. The Labute approximate surface area is 267 Å². The van der Waals surface area contributed by atoms with Crippen LogP contribution in [0.3, 0.4) is 0 Å². The predicted octanol–water partition coefficient (Wildman–Crippen LogP) is 9.46. The highest BCUT2D eigenvalue weighted by Crippen LogP contribution is 2.37. The number of rotatable bonds is 14. The molecule has 0 saturated heterocycles. The van der Waals surface area contributed by atoms with E-state index in [1.54, 1.807) is 30.3 Å². The molecule has 0 radical (unpaired) electrons. The molecule has 0 amide bonds. The summed E-state index contributed by atoms with van der Waals surface area (Å²) < 4.78 is 46.9. The van der Waals surface area contributed by atoms with Gasteiger partial charge in [0.15, 0.2) is 0 Å². The monoisotopic (exact) mass is 645 g/mol. The number of benzene rings is 4. The van der Waals surface area contributed by atoms with Gasteiger partial charge in [0.1, 0.15) is 5.75 Å². The fourth-order valence-corrected chi connectivity index (χ4v) is 5.57. The van der Waals surface area contributed by atoms with Gasteiger partial charge in [-0.25, -0.2) is 0 Å². The molecule has 0 aliphatic carbocycles. The topological polar surface area (TPSA) is 49.8 Å². The Bertz CT molecular complexity index is 1430. The zero-order valence-electron chi connectivity index (χ0n) is 24.3. The van der Waals surface area contributed by atoms with Gasteiger partial charge in [-0.3, -0.25) is 9.69 Å². The van der Waals surface area contributed by atoms with Crippen molar-refractivity contribution in [1.29, 1.82) is 0 Å². The van der Waals surface area contributed by atoms with Crippen molar-refractivity contribution >= 4 is 30.0 Å². The van der Waals surface area contributed by atoms with Crippen molar-refractivity contribution in [3.8, 4) is 5.75 Å². The van der Waals surface area contributed by atoms with Crippen LogP contribution in [0.4, 0.5) is 13.2 Å². The molecule has 0 saturated carbocycles. The Morgan fingerprint density at radius 2 is 1.48 bits per heavy atom. The number of hydrogen-bond donors (Lipinski definition) is 1. The Hall–Kier alpha value is -3.52. The van der Waals surface area contributed by atoms with Crippen molar-refractivity contribution in [2.45, 2.75) is 44.3 Å². The molecule has 0 aromatic heterocycles. The first kappa shape index (κ1) is 35.0. The summed E-state index contributed by atoms with van der Waals surface area (Å²) in [5.41, 5.74) is 2.45. The van der Waals surface area contributed by atoms with Crippen molar-refractivity contribution in [2.24, 2.45) is 0 Å². The lowest BCUT2D eigenvalue weighted by atomic mass is 9.90. The zero-order chi connectivity index (χ0) is 30.8. The van der Waals surface area contributed by atoms with Crippen LogP contribution in [0, 0.1) is 0 Å². The van der Waals surface area contributed by atoms with E-state index in [-0.39, 0.29) is 29.9 Å². The second-order valence-corrected chi connectivity index (χ2v) is 10.8. The molecule has 0 heterocycles. The summed E-state index contributed by atoms with van der Waals surface area (Å²) in [7, 11) is 0. The Kier molecular flexibility index (Phi) is 13.1. The normalized spacial score (nSPS) is 12.2. The highest BCUT2D eigenvalue weighted by Gasteiger charge is 2.34. The molecular formula is C35H36Cl2F3NO3. The molecule has 0 aliphatic heterocycles. The molecule has 4 aromatic rings. The Morgan fingerprint density at radius 1 is 0.886 bits per heavy atom. The molecule has 234 valence electrons. The van der Waals surface area contributed by atoms with Gasteiger partial charge in [0, 0.05) is 25.6 Å². The van der Waals surface area contributed by atoms with Crippen molar-refractivity contribution in [2.75, 3.05) is 19.7 Å². The minimum atomic E-state index is -4.55. The first-order valence-electron chi connectivity index (χ1n) is 14.3. The minimum absolute atomic E-state index is 0.